The first-order chi connectivity index (χ1) is 9.90. The summed E-state index contributed by atoms with van der Waals surface area (Å²) in [4.78, 5) is 24.6. The van der Waals surface area contributed by atoms with E-state index in [1.807, 2.05) is 22.4 Å². The normalized spacial score (nSPS) is 10.4. The number of carbonyl (C=O) groups is 1. The van der Waals surface area contributed by atoms with Crippen molar-refractivity contribution in [3.63, 3.8) is 0 Å². The Morgan fingerprint density at radius 3 is 2.71 bits per heavy atom. The van der Waals surface area contributed by atoms with Crippen molar-refractivity contribution in [3.8, 4) is 0 Å². The zero-order valence-corrected chi connectivity index (χ0v) is 12.4. The first-order valence-electron chi connectivity index (χ1n) is 6.16. The fourth-order valence-corrected chi connectivity index (χ4v) is 2.87. The Hall–Kier alpha value is -2.41. The summed E-state index contributed by atoms with van der Waals surface area (Å²) in [6.45, 7) is 2.20. The maximum Gasteiger partial charge on any atom is 0.336 e. The molecule has 1 N–H and O–H groups in total. The monoisotopic (exact) mass is 306 g/mol. The second kappa shape index (κ2) is 5.92. The van der Waals surface area contributed by atoms with E-state index in [9.17, 15) is 14.9 Å². The van der Waals surface area contributed by atoms with Crippen molar-refractivity contribution in [3.05, 3.63) is 55.8 Å². The molecule has 0 amide bonds. The number of nitro benzene ring substituents is 1. The molecule has 21 heavy (non-hydrogen) atoms. The molecule has 0 aliphatic heterocycles. The van der Waals surface area contributed by atoms with Crippen LogP contribution in [0.1, 0.15) is 20.8 Å². The third-order valence-corrected chi connectivity index (χ3v) is 4.04. The first kappa shape index (κ1) is 15.0. The zero-order valence-electron chi connectivity index (χ0n) is 11.6. The lowest BCUT2D eigenvalue weighted by Crippen LogP contribution is -2.18. The standard InChI is InChI=1S/C14H14N2O4S/c1-9-12(15(2)8-11-4-3-5-21-11)6-10(14(17)18)7-13(9)16(19)20/h3-7H,8H2,1-2H3,(H,17,18). The van der Waals surface area contributed by atoms with Gasteiger partial charge in [0, 0.05) is 23.7 Å². The lowest BCUT2D eigenvalue weighted by atomic mass is 10.1. The van der Waals surface area contributed by atoms with E-state index < -0.39 is 10.9 Å². The van der Waals surface area contributed by atoms with E-state index in [4.69, 9.17) is 5.11 Å². The van der Waals surface area contributed by atoms with Gasteiger partial charge in [-0.15, -0.1) is 11.3 Å². The summed E-state index contributed by atoms with van der Waals surface area (Å²) in [7, 11) is 1.79. The molecule has 0 radical (unpaired) electrons. The summed E-state index contributed by atoms with van der Waals surface area (Å²) >= 11 is 1.58. The van der Waals surface area contributed by atoms with Crippen LogP contribution in [0.2, 0.25) is 0 Å². The highest BCUT2D eigenvalue weighted by Crippen LogP contribution is 2.31. The average Bonchev–Trinajstić information content (AvgIpc) is 2.90. The van der Waals surface area contributed by atoms with Gasteiger partial charge < -0.3 is 10.0 Å². The van der Waals surface area contributed by atoms with Gasteiger partial charge in [0.1, 0.15) is 0 Å². The van der Waals surface area contributed by atoms with Crippen LogP contribution in [0, 0.1) is 17.0 Å². The molecule has 0 bridgehead atoms. The predicted octanol–water partition coefficient (Wildman–Crippen LogP) is 3.30. The van der Waals surface area contributed by atoms with Crippen molar-refractivity contribution in [2.45, 2.75) is 13.5 Å². The maximum atomic E-state index is 11.1. The number of aromatic carboxylic acids is 1. The van der Waals surface area contributed by atoms with Crippen molar-refractivity contribution in [2.75, 3.05) is 11.9 Å². The van der Waals surface area contributed by atoms with Crippen LogP contribution in [-0.2, 0) is 6.54 Å². The number of rotatable bonds is 5. The Balaban J connectivity index is 2.45. The molecule has 0 saturated heterocycles. The molecule has 0 saturated carbocycles. The molecule has 0 spiro atoms. The van der Waals surface area contributed by atoms with Crippen molar-refractivity contribution in [2.24, 2.45) is 0 Å². The van der Waals surface area contributed by atoms with E-state index in [1.165, 1.54) is 6.07 Å². The molecular weight excluding hydrogens is 292 g/mol. The third-order valence-electron chi connectivity index (χ3n) is 3.18. The van der Waals surface area contributed by atoms with Crippen LogP contribution >= 0.6 is 11.3 Å². The fourth-order valence-electron chi connectivity index (χ4n) is 2.12. The topological polar surface area (TPSA) is 83.7 Å². The van der Waals surface area contributed by atoms with E-state index in [0.29, 0.717) is 17.8 Å². The van der Waals surface area contributed by atoms with Crippen LogP contribution in [-0.4, -0.2) is 23.0 Å². The zero-order chi connectivity index (χ0) is 15.6. The summed E-state index contributed by atoms with van der Waals surface area (Å²) in [5.74, 6) is -1.18. The highest BCUT2D eigenvalue weighted by atomic mass is 32.1. The lowest BCUT2D eigenvalue weighted by Gasteiger charge is -2.21. The second-order valence-electron chi connectivity index (χ2n) is 4.64. The second-order valence-corrected chi connectivity index (χ2v) is 5.67. The quantitative estimate of drug-likeness (QED) is 0.677. The molecule has 1 aromatic carbocycles. The van der Waals surface area contributed by atoms with Gasteiger partial charge in [0.15, 0.2) is 0 Å². The Labute approximate surface area is 125 Å². The van der Waals surface area contributed by atoms with E-state index in [2.05, 4.69) is 0 Å². The molecule has 0 fully saturated rings. The molecule has 0 aliphatic carbocycles. The minimum absolute atomic E-state index is 0.0830. The van der Waals surface area contributed by atoms with Gasteiger partial charge in [0.05, 0.1) is 22.6 Å². The first-order valence-corrected chi connectivity index (χ1v) is 7.04. The van der Waals surface area contributed by atoms with Crippen LogP contribution in [0.5, 0.6) is 0 Å². The van der Waals surface area contributed by atoms with Gasteiger partial charge in [-0.2, -0.15) is 0 Å². The Bertz CT molecular complexity index is 683. The highest BCUT2D eigenvalue weighted by Gasteiger charge is 2.21. The molecule has 2 aromatic rings. The molecule has 7 heteroatoms. The molecule has 1 aromatic heterocycles. The van der Waals surface area contributed by atoms with Gasteiger partial charge >= 0.3 is 5.97 Å². The number of nitro groups is 1. The Morgan fingerprint density at radius 2 is 2.19 bits per heavy atom. The average molecular weight is 306 g/mol. The van der Waals surface area contributed by atoms with Crippen LogP contribution in [0.15, 0.2) is 29.6 Å². The van der Waals surface area contributed by atoms with Crippen molar-refractivity contribution < 1.29 is 14.8 Å². The molecular formula is C14H14N2O4S. The predicted molar refractivity (Wildman–Crippen MR) is 81.2 cm³/mol. The van der Waals surface area contributed by atoms with E-state index >= 15 is 0 Å². The Morgan fingerprint density at radius 1 is 1.48 bits per heavy atom. The summed E-state index contributed by atoms with van der Waals surface area (Å²) < 4.78 is 0. The summed E-state index contributed by atoms with van der Waals surface area (Å²) in [5.41, 5.74) is 0.752. The lowest BCUT2D eigenvalue weighted by molar-refractivity contribution is -0.385. The minimum atomic E-state index is -1.18. The number of hydrogen-bond donors (Lipinski definition) is 1. The van der Waals surface area contributed by atoms with Gasteiger partial charge in [0.25, 0.3) is 5.69 Å². The SMILES string of the molecule is Cc1c(N(C)Cc2cccs2)cc(C(=O)O)cc1[N+](=O)[O-]. The molecule has 1 heterocycles. The van der Waals surface area contributed by atoms with Crippen molar-refractivity contribution in [1.82, 2.24) is 0 Å². The van der Waals surface area contributed by atoms with Gasteiger partial charge in [-0.25, -0.2) is 4.79 Å². The molecule has 6 nitrogen and oxygen atoms in total. The van der Waals surface area contributed by atoms with Gasteiger partial charge in [0.2, 0.25) is 0 Å². The molecule has 0 atom stereocenters. The number of thiophene rings is 1. The number of benzene rings is 1. The molecule has 0 aliphatic rings. The van der Waals surface area contributed by atoms with Crippen LogP contribution in [0.4, 0.5) is 11.4 Å². The highest BCUT2D eigenvalue weighted by molar-refractivity contribution is 7.09. The van der Waals surface area contributed by atoms with E-state index in [-0.39, 0.29) is 11.3 Å². The van der Waals surface area contributed by atoms with E-state index in [1.54, 1.807) is 25.3 Å². The van der Waals surface area contributed by atoms with Gasteiger partial charge in [-0.05, 0) is 24.4 Å². The van der Waals surface area contributed by atoms with Gasteiger partial charge in [-0.3, -0.25) is 10.1 Å². The van der Waals surface area contributed by atoms with Crippen LogP contribution < -0.4 is 4.90 Å². The Kier molecular flexibility index (Phi) is 4.23. The molecule has 0 unspecified atom stereocenters. The number of anilines is 1. The maximum absolute atomic E-state index is 11.1. The number of carboxylic acid groups (broad SMARTS) is 1. The third kappa shape index (κ3) is 3.19. The van der Waals surface area contributed by atoms with Gasteiger partial charge in [-0.1, -0.05) is 6.07 Å². The molecule has 2 rings (SSSR count). The number of hydrogen-bond acceptors (Lipinski definition) is 5. The molecule has 110 valence electrons. The van der Waals surface area contributed by atoms with Crippen molar-refractivity contribution >= 4 is 28.7 Å². The fraction of sp³-hybridized carbons (Fsp3) is 0.214. The van der Waals surface area contributed by atoms with E-state index in [0.717, 1.165) is 10.9 Å². The minimum Gasteiger partial charge on any atom is -0.478 e. The largest absolute Gasteiger partial charge is 0.478 e. The smallest absolute Gasteiger partial charge is 0.336 e. The summed E-state index contributed by atoms with van der Waals surface area (Å²) in [5, 5.41) is 22.1. The summed E-state index contributed by atoms with van der Waals surface area (Å²) in [6, 6.07) is 6.46. The summed E-state index contributed by atoms with van der Waals surface area (Å²) in [6.07, 6.45) is 0. The number of nitrogens with zero attached hydrogens (tertiary/aromatic N) is 2. The van der Waals surface area contributed by atoms with Crippen molar-refractivity contribution in [1.29, 1.82) is 0 Å². The number of carboxylic acids is 1. The van der Waals surface area contributed by atoms with Crippen LogP contribution in [0.3, 0.4) is 0 Å². The van der Waals surface area contributed by atoms with Crippen LogP contribution in [0.25, 0.3) is 0 Å².